The number of hydrogen-bond donors (Lipinski definition) is 0. The van der Waals surface area contributed by atoms with E-state index in [-0.39, 0.29) is 28.3 Å². The summed E-state index contributed by atoms with van der Waals surface area (Å²) in [5.74, 6) is 0.256. The molecule has 0 aliphatic rings. The first kappa shape index (κ1) is 17.0. The number of benzene rings is 2. The lowest BCUT2D eigenvalue weighted by Gasteiger charge is -2.09. The SMILES string of the molecule is COc1ccc(/C=c2/sc3nc4ccccc4n3c2=O)c([N+](=O)[O-])c1OC. The molecule has 0 aliphatic heterocycles. The van der Waals surface area contributed by atoms with Crippen LogP contribution in [0.1, 0.15) is 5.56 Å². The number of nitrogens with zero attached hydrogens (tertiary/aromatic N) is 3. The van der Waals surface area contributed by atoms with Crippen molar-refractivity contribution in [2.75, 3.05) is 14.2 Å². The molecule has 0 fully saturated rings. The van der Waals surface area contributed by atoms with Crippen molar-refractivity contribution in [2.45, 2.75) is 0 Å². The topological polar surface area (TPSA) is 96.0 Å². The lowest BCUT2D eigenvalue weighted by atomic mass is 10.1. The van der Waals surface area contributed by atoms with Crippen LogP contribution in [0.3, 0.4) is 0 Å². The Kier molecular flexibility index (Phi) is 4.00. The Morgan fingerprint density at radius 1 is 1.19 bits per heavy atom. The third-order valence-electron chi connectivity index (χ3n) is 4.16. The number of methoxy groups -OCH3 is 2. The Bertz CT molecular complexity index is 1310. The number of para-hydroxylation sites is 2. The fourth-order valence-electron chi connectivity index (χ4n) is 2.98. The molecule has 4 aromatic rings. The van der Waals surface area contributed by atoms with Gasteiger partial charge in [0.2, 0.25) is 5.75 Å². The Hall–Kier alpha value is -3.46. The lowest BCUT2D eigenvalue weighted by Crippen LogP contribution is -2.22. The number of nitro groups is 1. The van der Waals surface area contributed by atoms with E-state index >= 15 is 0 Å². The molecule has 0 bridgehead atoms. The summed E-state index contributed by atoms with van der Waals surface area (Å²) in [5.41, 5.74) is 1.16. The maximum Gasteiger partial charge on any atom is 0.322 e. The van der Waals surface area contributed by atoms with Crippen molar-refractivity contribution in [2.24, 2.45) is 0 Å². The van der Waals surface area contributed by atoms with Gasteiger partial charge in [-0.15, -0.1) is 0 Å². The van der Waals surface area contributed by atoms with Crippen molar-refractivity contribution >= 4 is 39.1 Å². The summed E-state index contributed by atoms with van der Waals surface area (Å²) >= 11 is 1.18. The molecule has 136 valence electrons. The van der Waals surface area contributed by atoms with Gasteiger partial charge in [0.05, 0.1) is 40.3 Å². The number of imidazole rings is 1. The fraction of sp³-hybridized carbons (Fsp3) is 0.111. The van der Waals surface area contributed by atoms with Crippen molar-refractivity contribution in [3.05, 3.63) is 67.0 Å². The quantitative estimate of drug-likeness (QED) is 0.397. The number of ether oxygens (including phenoxy) is 2. The zero-order chi connectivity index (χ0) is 19.1. The van der Waals surface area contributed by atoms with Crippen LogP contribution in [-0.4, -0.2) is 28.5 Å². The molecule has 4 rings (SSSR count). The highest BCUT2D eigenvalue weighted by atomic mass is 32.1. The van der Waals surface area contributed by atoms with Gasteiger partial charge in [-0.1, -0.05) is 23.5 Å². The number of nitro benzene ring substituents is 1. The molecule has 2 aromatic carbocycles. The lowest BCUT2D eigenvalue weighted by molar-refractivity contribution is -0.386. The van der Waals surface area contributed by atoms with Gasteiger partial charge in [0.25, 0.3) is 5.56 Å². The molecular formula is C18H13N3O5S. The van der Waals surface area contributed by atoms with Gasteiger partial charge in [-0.25, -0.2) is 9.38 Å². The van der Waals surface area contributed by atoms with Crippen molar-refractivity contribution in [1.82, 2.24) is 9.38 Å². The van der Waals surface area contributed by atoms with Gasteiger partial charge < -0.3 is 9.47 Å². The van der Waals surface area contributed by atoms with Crippen LogP contribution in [0.15, 0.2) is 41.2 Å². The van der Waals surface area contributed by atoms with Crippen molar-refractivity contribution in [1.29, 1.82) is 0 Å². The Balaban J connectivity index is 2.01. The van der Waals surface area contributed by atoms with E-state index < -0.39 is 4.92 Å². The molecular weight excluding hydrogens is 370 g/mol. The summed E-state index contributed by atoms with van der Waals surface area (Å²) in [4.78, 5) is 28.9. The van der Waals surface area contributed by atoms with E-state index in [4.69, 9.17) is 9.47 Å². The second kappa shape index (κ2) is 6.36. The molecule has 0 radical (unpaired) electrons. The van der Waals surface area contributed by atoms with Gasteiger partial charge in [0.15, 0.2) is 10.7 Å². The average molecular weight is 383 g/mol. The van der Waals surface area contributed by atoms with E-state index in [0.717, 1.165) is 5.52 Å². The summed E-state index contributed by atoms with van der Waals surface area (Å²) in [5, 5.41) is 11.6. The van der Waals surface area contributed by atoms with Crippen LogP contribution in [-0.2, 0) is 0 Å². The first-order chi connectivity index (χ1) is 13.0. The number of thiazole rings is 1. The van der Waals surface area contributed by atoms with E-state index in [1.54, 1.807) is 6.07 Å². The second-order valence-electron chi connectivity index (χ2n) is 5.63. The molecule has 0 saturated heterocycles. The predicted molar refractivity (Wildman–Crippen MR) is 102 cm³/mol. The number of aromatic nitrogens is 2. The summed E-state index contributed by atoms with van der Waals surface area (Å²) < 4.78 is 12.1. The van der Waals surface area contributed by atoms with Gasteiger partial charge >= 0.3 is 5.69 Å². The maximum atomic E-state index is 12.8. The Morgan fingerprint density at radius 3 is 2.67 bits per heavy atom. The van der Waals surface area contributed by atoms with Crippen LogP contribution in [0.5, 0.6) is 11.5 Å². The van der Waals surface area contributed by atoms with Crippen LogP contribution in [0.25, 0.3) is 22.1 Å². The third-order valence-corrected chi connectivity index (χ3v) is 5.13. The van der Waals surface area contributed by atoms with Gasteiger partial charge in [-0.3, -0.25) is 14.9 Å². The average Bonchev–Trinajstić information content (AvgIpc) is 3.17. The molecule has 27 heavy (non-hydrogen) atoms. The molecule has 2 aromatic heterocycles. The number of fused-ring (bicyclic) bond motifs is 3. The Labute approximate surface area is 156 Å². The van der Waals surface area contributed by atoms with Crippen LogP contribution in [0, 0.1) is 10.1 Å². The first-order valence-corrected chi connectivity index (χ1v) is 8.68. The first-order valence-electron chi connectivity index (χ1n) is 7.86. The van der Waals surface area contributed by atoms with Crippen molar-refractivity contribution < 1.29 is 14.4 Å². The molecule has 0 aliphatic carbocycles. The van der Waals surface area contributed by atoms with E-state index in [2.05, 4.69) is 4.98 Å². The molecule has 8 nitrogen and oxygen atoms in total. The third kappa shape index (κ3) is 2.59. The highest BCUT2D eigenvalue weighted by Crippen LogP contribution is 2.39. The van der Waals surface area contributed by atoms with E-state index in [1.807, 2.05) is 24.3 Å². The summed E-state index contributed by atoms with van der Waals surface area (Å²) in [7, 11) is 2.74. The minimum Gasteiger partial charge on any atom is -0.493 e. The van der Waals surface area contributed by atoms with E-state index in [9.17, 15) is 14.9 Å². The van der Waals surface area contributed by atoms with Crippen LogP contribution in [0.4, 0.5) is 5.69 Å². The largest absolute Gasteiger partial charge is 0.493 e. The minimum atomic E-state index is -0.550. The second-order valence-corrected chi connectivity index (χ2v) is 6.64. The van der Waals surface area contributed by atoms with E-state index in [0.29, 0.717) is 15.0 Å². The molecule has 0 N–H and O–H groups in total. The van der Waals surface area contributed by atoms with Gasteiger partial charge in [-0.05, 0) is 30.3 Å². The molecule has 0 spiro atoms. The Morgan fingerprint density at radius 2 is 1.96 bits per heavy atom. The monoisotopic (exact) mass is 383 g/mol. The number of rotatable bonds is 4. The maximum absolute atomic E-state index is 12.8. The molecule has 0 unspecified atom stereocenters. The summed E-state index contributed by atoms with van der Waals surface area (Å²) in [6.45, 7) is 0. The summed E-state index contributed by atoms with van der Waals surface area (Å²) in [6.07, 6.45) is 1.48. The predicted octanol–water partition coefficient (Wildman–Crippen LogP) is 2.38. The molecule has 9 heteroatoms. The molecule has 0 saturated carbocycles. The summed E-state index contributed by atoms with van der Waals surface area (Å²) in [6, 6.07) is 10.4. The molecule has 0 amide bonds. The van der Waals surface area contributed by atoms with Crippen LogP contribution < -0.4 is 19.6 Å². The minimum absolute atomic E-state index is 0.00971. The van der Waals surface area contributed by atoms with Gasteiger partial charge in [-0.2, -0.15) is 0 Å². The number of hydrogen-bond acceptors (Lipinski definition) is 7. The van der Waals surface area contributed by atoms with Crippen LogP contribution in [0.2, 0.25) is 0 Å². The van der Waals surface area contributed by atoms with Crippen molar-refractivity contribution in [3.63, 3.8) is 0 Å². The highest BCUT2D eigenvalue weighted by Gasteiger charge is 2.24. The van der Waals surface area contributed by atoms with Crippen molar-refractivity contribution in [3.8, 4) is 11.5 Å². The van der Waals surface area contributed by atoms with E-state index in [1.165, 1.54) is 42.1 Å². The normalized spacial score (nSPS) is 12.0. The van der Waals surface area contributed by atoms with Crippen LogP contribution >= 0.6 is 11.3 Å². The molecule has 0 atom stereocenters. The molecule has 2 heterocycles. The highest BCUT2D eigenvalue weighted by molar-refractivity contribution is 7.15. The standard InChI is InChI=1S/C18H13N3O5S/c1-25-13-8-7-10(15(21(23)24)16(13)26-2)9-14-17(22)20-12-6-4-3-5-11(12)19-18(20)27-14/h3-9H,1-2H3/b14-9+. The zero-order valence-electron chi connectivity index (χ0n) is 14.3. The zero-order valence-corrected chi connectivity index (χ0v) is 15.1. The van der Waals surface area contributed by atoms with Gasteiger partial charge in [0, 0.05) is 0 Å². The van der Waals surface area contributed by atoms with Gasteiger partial charge in [0.1, 0.15) is 0 Å². The fourth-order valence-corrected chi connectivity index (χ4v) is 3.96. The smallest absolute Gasteiger partial charge is 0.322 e.